The minimum Gasteiger partial charge on any atom is -0.492 e. The zero-order chi connectivity index (χ0) is 54.4. The summed E-state index contributed by atoms with van der Waals surface area (Å²) in [5, 5.41) is 17.9. The fraction of sp³-hybridized carbons (Fsp3) is 0.197. The van der Waals surface area contributed by atoms with Crippen molar-refractivity contribution in [3.05, 3.63) is 276 Å². The number of hydrogen-bond donors (Lipinski definition) is 0. The quantitative estimate of drug-likeness (QED) is 0.0279. The van der Waals surface area contributed by atoms with Gasteiger partial charge in [-0.25, -0.2) is 9.36 Å². The third-order valence-electron chi connectivity index (χ3n) is 13.2. The molecule has 1 amide bonds. The standard InChI is InChI=1S/C56H52N8O5.2C5H6.2Fe/c1-41-15-24-49(25-16-41)64-52(30-17-42-9-3-2-4-10-42)55(56(64)67)61(37-47-39-62(59-57-47)33-35-68-50-26-20-45(21-27-50)53(65)31-18-43-11-5-6-12-43)38-48-40-63(60-58-48)34-36-69-51-28-22-46(23-29-51)54(66)32-19-44-13-7-8-14-44;2*1-2-4-5-3-1;;/h2-5,7,9-32,39-40,52,55H,6,8,33-38H2,1H3;2*1-4H,5H2;;/q;;;2*+2/b30-17+,31-18+,32-19+;;;;/t52-,55+;;;;/m1..../s1. The van der Waals surface area contributed by atoms with Crippen LogP contribution in [0.5, 0.6) is 11.5 Å². The molecule has 0 spiro atoms. The Morgan fingerprint density at radius 1 is 0.593 bits per heavy atom. The maximum Gasteiger partial charge on any atom is 2.00 e. The van der Waals surface area contributed by atoms with E-state index in [2.05, 4.69) is 111 Å². The molecule has 6 aromatic rings. The average Bonchev–Trinajstić information content (AvgIpc) is 4.35. The van der Waals surface area contributed by atoms with Gasteiger partial charge in [-0.05, 0) is 122 Å². The van der Waals surface area contributed by atoms with E-state index in [0.29, 0.717) is 73.4 Å². The predicted octanol–water partition coefficient (Wildman–Crippen LogP) is 12.1. The largest absolute Gasteiger partial charge is 2.00 e. The minimum atomic E-state index is -0.544. The van der Waals surface area contributed by atoms with Gasteiger partial charge in [-0.1, -0.05) is 168 Å². The topological polar surface area (TPSA) is 138 Å². The maximum atomic E-state index is 14.4. The van der Waals surface area contributed by atoms with Crippen LogP contribution in [0.3, 0.4) is 0 Å². The molecule has 5 aliphatic rings. The molecule has 0 bridgehead atoms. The molecule has 4 aliphatic carbocycles. The van der Waals surface area contributed by atoms with E-state index in [0.717, 1.165) is 53.6 Å². The molecule has 0 saturated carbocycles. The van der Waals surface area contributed by atoms with Gasteiger partial charge in [0.25, 0.3) is 0 Å². The van der Waals surface area contributed by atoms with Gasteiger partial charge in [-0.3, -0.25) is 19.3 Å². The molecular weight excluding hydrogens is 1100 g/mol. The summed E-state index contributed by atoms with van der Waals surface area (Å²) >= 11 is 0. The molecule has 2 aromatic heterocycles. The molecule has 11 rings (SSSR count). The normalized spacial score (nSPS) is 16.3. The summed E-state index contributed by atoms with van der Waals surface area (Å²) in [6, 6.07) is 31.4. The fourth-order valence-corrected chi connectivity index (χ4v) is 9.01. The van der Waals surface area contributed by atoms with Crippen LogP contribution in [0.15, 0.2) is 242 Å². The zero-order valence-electron chi connectivity index (χ0n) is 45.1. The van der Waals surface area contributed by atoms with Crippen LogP contribution in [0.1, 0.15) is 68.9 Å². The van der Waals surface area contributed by atoms with Crippen molar-refractivity contribution in [1.82, 2.24) is 34.9 Å². The van der Waals surface area contributed by atoms with Gasteiger partial charge in [-0.2, -0.15) is 0 Å². The van der Waals surface area contributed by atoms with Crippen molar-refractivity contribution in [2.45, 2.75) is 70.9 Å². The van der Waals surface area contributed by atoms with E-state index in [1.54, 1.807) is 70.0 Å². The Labute approximate surface area is 495 Å². The molecule has 410 valence electrons. The monoisotopic (exact) mass is 1160 g/mol. The maximum absolute atomic E-state index is 14.4. The van der Waals surface area contributed by atoms with E-state index in [4.69, 9.17) is 9.47 Å². The molecule has 1 saturated heterocycles. The summed E-state index contributed by atoms with van der Waals surface area (Å²) in [7, 11) is 0. The van der Waals surface area contributed by atoms with Gasteiger partial charge in [0.1, 0.15) is 30.8 Å². The fourth-order valence-electron chi connectivity index (χ4n) is 9.01. The summed E-state index contributed by atoms with van der Waals surface area (Å²) in [5.74, 6) is 1.10. The number of ketones is 2. The van der Waals surface area contributed by atoms with Crippen molar-refractivity contribution in [3.8, 4) is 11.5 Å². The van der Waals surface area contributed by atoms with E-state index < -0.39 is 6.04 Å². The molecule has 1 aliphatic heterocycles. The number of rotatable bonds is 22. The van der Waals surface area contributed by atoms with Crippen molar-refractivity contribution >= 4 is 29.2 Å². The number of hydrogen-bond acceptors (Lipinski definition) is 10. The predicted molar refractivity (Wildman–Crippen MR) is 311 cm³/mol. The summed E-state index contributed by atoms with van der Waals surface area (Å²) in [6.45, 7) is 4.16. The molecule has 0 unspecified atom stereocenters. The molecule has 15 heteroatoms. The Morgan fingerprint density at radius 3 is 1.51 bits per heavy atom. The molecule has 0 radical (unpaired) electrons. The third kappa shape index (κ3) is 18.1. The second-order valence-electron chi connectivity index (χ2n) is 19.1. The first kappa shape index (κ1) is 60.4. The van der Waals surface area contributed by atoms with Crippen LogP contribution in [0.4, 0.5) is 5.69 Å². The van der Waals surface area contributed by atoms with Crippen molar-refractivity contribution in [3.63, 3.8) is 0 Å². The number of amides is 1. The number of nitrogens with zero attached hydrogens (tertiary/aromatic N) is 8. The number of aryl methyl sites for hydroxylation is 1. The van der Waals surface area contributed by atoms with Crippen LogP contribution in [0, 0.1) is 6.92 Å². The summed E-state index contributed by atoms with van der Waals surface area (Å²) in [4.78, 5) is 43.7. The molecule has 13 nitrogen and oxygen atoms in total. The van der Waals surface area contributed by atoms with Crippen LogP contribution in [0.2, 0.25) is 0 Å². The van der Waals surface area contributed by atoms with Crippen LogP contribution >= 0.6 is 0 Å². The molecular formula is C66H64Fe2N8O5+4. The smallest absolute Gasteiger partial charge is 0.492 e. The van der Waals surface area contributed by atoms with E-state index in [1.807, 2.05) is 103 Å². The van der Waals surface area contributed by atoms with Gasteiger partial charge in [0.2, 0.25) is 5.91 Å². The van der Waals surface area contributed by atoms with Crippen LogP contribution in [0.25, 0.3) is 6.08 Å². The number of β-lactam (4-membered cyclic amide) rings is 1. The summed E-state index contributed by atoms with van der Waals surface area (Å²) in [6.07, 6.45) is 47.8. The Balaban J connectivity index is 0.000000712. The molecule has 4 aromatic carbocycles. The Morgan fingerprint density at radius 2 is 1.07 bits per heavy atom. The summed E-state index contributed by atoms with van der Waals surface area (Å²) in [5.41, 5.74) is 7.54. The molecule has 1 fully saturated rings. The number of carbonyl (C=O) groups is 3. The number of ether oxygens (including phenoxy) is 2. The van der Waals surface area contributed by atoms with Crippen molar-refractivity contribution in [1.29, 1.82) is 0 Å². The first-order valence-electron chi connectivity index (χ1n) is 26.7. The Kier molecular flexibility index (Phi) is 23.5. The van der Waals surface area contributed by atoms with Gasteiger partial charge in [0, 0.05) is 42.3 Å². The van der Waals surface area contributed by atoms with Crippen LogP contribution < -0.4 is 14.4 Å². The van der Waals surface area contributed by atoms with Gasteiger partial charge in [0.05, 0.1) is 30.5 Å². The van der Waals surface area contributed by atoms with Crippen LogP contribution in [-0.4, -0.2) is 77.7 Å². The van der Waals surface area contributed by atoms with Gasteiger partial charge in [0.15, 0.2) is 11.6 Å². The summed E-state index contributed by atoms with van der Waals surface area (Å²) < 4.78 is 15.5. The van der Waals surface area contributed by atoms with E-state index in [-0.39, 0.29) is 57.7 Å². The van der Waals surface area contributed by atoms with Crippen molar-refractivity contribution in [2.24, 2.45) is 0 Å². The average molecular weight is 1160 g/mol. The molecule has 0 N–H and O–H groups in total. The SMILES string of the molecule is C1=CCC=C1.C1=CCC=C1.Cc1ccc(N2C(=O)[C@@H](N(Cc3cn(CCOc4ccc(C(=O)/C=C/C5=CCC=C5)cc4)nn3)Cc3cn(CCOc4ccc(C(=O)/C=C/C5=CCC=C5)cc4)nn3)[C@H]2/C=C/c2ccccc2)cc1.[Fe+2].[Fe+2]. The van der Waals surface area contributed by atoms with Crippen molar-refractivity contribution < 1.29 is 58.0 Å². The number of carbonyl (C=O) groups excluding carboxylic acids is 3. The van der Waals surface area contributed by atoms with Gasteiger partial charge < -0.3 is 14.4 Å². The Hall–Kier alpha value is -8.29. The first-order chi connectivity index (χ1) is 38.8. The Bertz CT molecular complexity index is 3200. The zero-order valence-corrected chi connectivity index (χ0v) is 47.3. The first-order valence-corrected chi connectivity index (χ1v) is 26.7. The second kappa shape index (κ2) is 31.5. The molecule has 2 atom stereocenters. The molecule has 3 heterocycles. The minimum absolute atomic E-state index is 0. The number of benzene rings is 4. The van der Waals surface area contributed by atoms with Gasteiger partial charge >= 0.3 is 34.1 Å². The third-order valence-corrected chi connectivity index (χ3v) is 13.2. The number of aromatic nitrogens is 6. The van der Waals surface area contributed by atoms with Crippen molar-refractivity contribution in [2.75, 3.05) is 18.1 Å². The number of allylic oxidation sites excluding steroid dienone is 20. The molecule has 81 heavy (non-hydrogen) atoms. The number of anilines is 1. The van der Waals surface area contributed by atoms with E-state index in [1.165, 1.54) is 0 Å². The van der Waals surface area contributed by atoms with E-state index in [9.17, 15) is 14.4 Å². The van der Waals surface area contributed by atoms with E-state index >= 15 is 0 Å². The van der Waals surface area contributed by atoms with Crippen LogP contribution in [-0.2, 0) is 65.1 Å². The second-order valence-corrected chi connectivity index (χ2v) is 19.1. The van der Waals surface area contributed by atoms with Gasteiger partial charge in [-0.15, -0.1) is 10.2 Å².